The molecule has 0 radical (unpaired) electrons. The summed E-state index contributed by atoms with van der Waals surface area (Å²) in [5.41, 5.74) is 3.25. The van der Waals surface area contributed by atoms with Crippen molar-refractivity contribution < 1.29 is 13.6 Å². The molecule has 0 aliphatic rings. The fraction of sp³-hybridized carbons (Fsp3) is 0.0741. The Morgan fingerprint density at radius 2 is 0.812 bits per heavy atom. The molecule has 0 fully saturated rings. The number of halogens is 2. The third kappa shape index (κ3) is 5.19. The minimum absolute atomic E-state index is 0.342. The predicted molar refractivity (Wildman–Crippen MR) is 121 cm³/mol. The van der Waals surface area contributed by atoms with Crippen molar-refractivity contribution in [3.63, 3.8) is 0 Å². The van der Waals surface area contributed by atoms with Crippen LogP contribution in [0.5, 0.6) is 0 Å². The number of benzene rings is 4. The van der Waals surface area contributed by atoms with E-state index < -0.39 is 18.1 Å². The molecular formula is C27H22F2N2O. The first kappa shape index (κ1) is 21.2. The van der Waals surface area contributed by atoms with E-state index in [2.05, 4.69) is 10.6 Å². The standard InChI is InChI=1S/C27H22F2N2O/c28-23-15-11-21(12-16-23)25(19-7-3-1-4-8-19)30-27(32)31-26(20-9-5-2-6-10-20)22-13-17-24(29)18-14-22/h1-18,25-26H,(H2,30,31,32)/t25-,26+. The van der Waals surface area contributed by atoms with Crippen molar-refractivity contribution in [3.8, 4) is 0 Å². The van der Waals surface area contributed by atoms with Gasteiger partial charge in [-0.25, -0.2) is 13.6 Å². The second-order valence-electron chi connectivity index (χ2n) is 7.41. The van der Waals surface area contributed by atoms with E-state index in [0.717, 1.165) is 22.3 Å². The van der Waals surface area contributed by atoms with Gasteiger partial charge in [-0.3, -0.25) is 0 Å². The van der Waals surface area contributed by atoms with Gasteiger partial charge in [-0.15, -0.1) is 0 Å². The molecule has 0 bridgehead atoms. The Kier molecular flexibility index (Phi) is 6.56. The maximum atomic E-state index is 13.5. The second kappa shape index (κ2) is 9.88. The van der Waals surface area contributed by atoms with Crippen molar-refractivity contribution in [1.29, 1.82) is 0 Å². The molecule has 4 rings (SSSR count). The molecule has 4 aromatic carbocycles. The Morgan fingerprint density at radius 1 is 0.500 bits per heavy atom. The largest absolute Gasteiger partial charge is 0.327 e. The highest BCUT2D eigenvalue weighted by atomic mass is 19.1. The maximum absolute atomic E-state index is 13.5. The molecule has 2 atom stereocenters. The fourth-order valence-electron chi connectivity index (χ4n) is 3.62. The summed E-state index contributed by atoms with van der Waals surface area (Å²) in [6.07, 6.45) is 0. The van der Waals surface area contributed by atoms with E-state index in [1.165, 1.54) is 24.3 Å². The minimum Gasteiger partial charge on any atom is -0.327 e. The van der Waals surface area contributed by atoms with Crippen LogP contribution in [0, 0.1) is 11.6 Å². The molecule has 0 heterocycles. The average Bonchev–Trinajstić information content (AvgIpc) is 2.83. The van der Waals surface area contributed by atoms with E-state index in [1.54, 1.807) is 24.3 Å². The molecule has 160 valence electrons. The summed E-state index contributed by atoms with van der Waals surface area (Å²) in [7, 11) is 0. The first-order valence-corrected chi connectivity index (χ1v) is 10.3. The Morgan fingerprint density at radius 3 is 1.16 bits per heavy atom. The molecule has 32 heavy (non-hydrogen) atoms. The molecule has 0 aromatic heterocycles. The van der Waals surface area contributed by atoms with Crippen LogP contribution >= 0.6 is 0 Å². The second-order valence-corrected chi connectivity index (χ2v) is 7.41. The lowest BCUT2D eigenvalue weighted by Crippen LogP contribution is -2.40. The summed E-state index contributed by atoms with van der Waals surface area (Å²) >= 11 is 0. The number of carbonyl (C=O) groups excluding carboxylic acids is 1. The highest BCUT2D eigenvalue weighted by Gasteiger charge is 2.21. The average molecular weight is 428 g/mol. The number of amides is 2. The lowest BCUT2D eigenvalue weighted by atomic mass is 9.98. The third-order valence-corrected chi connectivity index (χ3v) is 5.22. The molecule has 0 saturated carbocycles. The van der Waals surface area contributed by atoms with Gasteiger partial charge in [0, 0.05) is 0 Å². The van der Waals surface area contributed by atoms with Crippen LogP contribution in [0.2, 0.25) is 0 Å². The van der Waals surface area contributed by atoms with E-state index >= 15 is 0 Å². The van der Waals surface area contributed by atoms with Gasteiger partial charge in [0.2, 0.25) is 0 Å². The van der Waals surface area contributed by atoms with Gasteiger partial charge in [-0.1, -0.05) is 84.9 Å². The van der Waals surface area contributed by atoms with Gasteiger partial charge in [0.15, 0.2) is 0 Å². The van der Waals surface area contributed by atoms with E-state index in [9.17, 15) is 13.6 Å². The molecule has 2 amide bonds. The molecular weight excluding hydrogens is 406 g/mol. The molecule has 4 aromatic rings. The van der Waals surface area contributed by atoms with E-state index in [4.69, 9.17) is 0 Å². The number of hydrogen-bond acceptors (Lipinski definition) is 1. The number of carbonyl (C=O) groups is 1. The lowest BCUT2D eigenvalue weighted by molar-refractivity contribution is 0.236. The zero-order valence-corrected chi connectivity index (χ0v) is 17.2. The Bertz CT molecular complexity index is 1050. The first-order chi connectivity index (χ1) is 15.6. The zero-order valence-electron chi connectivity index (χ0n) is 17.2. The van der Waals surface area contributed by atoms with Gasteiger partial charge in [0.1, 0.15) is 11.6 Å². The van der Waals surface area contributed by atoms with E-state index in [0.29, 0.717) is 0 Å². The summed E-state index contributed by atoms with van der Waals surface area (Å²) in [5, 5.41) is 6.01. The molecule has 0 spiro atoms. The number of rotatable bonds is 6. The Balaban J connectivity index is 1.61. The van der Waals surface area contributed by atoms with Crippen LogP contribution in [-0.4, -0.2) is 6.03 Å². The van der Waals surface area contributed by atoms with Crippen LogP contribution in [0.4, 0.5) is 13.6 Å². The third-order valence-electron chi connectivity index (χ3n) is 5.22. The quantitative estimate of drug-likeness (QED) is 0.380. The molecule has 2 N–H and O–H groups in total. The monoisotopic (exact) mass is 428 g/mol. The van der Waals surface area contributed by atoms with Crippen LogP contribution < -0.4 is 10.6 Å². The topological polar surface area (TPSA) is 41.1 Å². The van der Waals surface area contributed by atoms with Gasteiger partial charge in [0.05, 0.1) is 12.1 Å². The van der Waals surface area contributed by atoms with E-state index in [-0.39, 0.29) is 11.6 Å². The van der Waals surface area contributed by atoms with Crippen LogP contribution in [0.1, 0.15) is 34.3 Å². The smallest absolute Gasteiger partial charge is 0.316 e. The zero-order chi connectivity index (χ0) is 22.3. The highest BCUT2D eigenvalue weighted by Crippen LogP contribution is 2.25. The van der Waals surface area contributed by atoms with Crippen LogP contribution in [0.15, 0.2) is 109 Å². The molecule has 0 saturated heterocycles. The number of urea groups is 1. The fourth-order valence-corrected chi connectivity index (χ4v) is 3.62. The molecule has 0 aliphatic carbocycles. The Labute approximate surface area is 185 Å². The minimum atomic E-state index is -0.471. The van der Waals surface area contributed by atoms with Crippen molar-refractivity contribution in [2.45, 2.75) is 12.1 Å². The Hall–Kier alpha value is -3.99. The van der Waals surface area contributed by atoms with Crippen molar-refractivity contribution in [2.75, 3.05) is 0 Å². The maximum Gasteiger partial charge on any atom is 0.316 e. The summed E-state index contributed by atoms with van der Waals surface area (Å²) in [6, 6.07) is 29.7. The predicted octanol–water partition coefficient (Wildman–Crippen LogP) is 6.14. The summed E-state index contributed by atoms with van der Waals surface area (Å²) in [4.78, 5) is 13.1. The summed E-state index contributed by atoms with van der Waals surface area (Å²) < 4.78 is 26.9. The van der Waals surface area contributed by atoms with Gasteiger partial charge >= 0.3 is 6.03 Å². The van der Waals surface area contributed by atoms with Crippen molar-refractivity contribution in [1.82, 2.24) is 10.6 Å². The van der Waals surface area contributed by atoms with E-state index in [1.807, 2.05) is 60.7 Å². The summed E-state index contributed by atoms with van der Waals surface area (Å²) in [5.74, 6) is -0.684. The van der Waals surface area contributed by atoms with Gasteiger partial charge in [0.25, 0.3) is 0 Å². The van der Waals surface area contributed by atoms with Crippen LogP contribution in [0.3, 0.4) is 0 Å². The normalized spacial score (nSPS) is 12.6. The number of nitrogens with one attached hydrogen (secondary N) is 2. The lowest BCUT2D eigenvalue weighted by Gasteiger charge is -2.24. The molecule has 0 unspecified atom stereocenters. The highest BCUT2D eigenvalue weighted by molar-refractivity contribution is 5.76. The van der Waals surface area contributed by atoms with Crippen molar-refractivity contribution in [2.24, 2.45) is 0 Å². The van der Waals surface area contributed by atoms with Gasteiger partial charge < -0.3 is 10.6 Å². The van der Waals surface area contributed by atoms with Gasteiger partial charge in [-0.05, 0) is 46.5 Å². The van der Waals surface area contributed by atoms with Crippen molar-refractivity contribution >= 4 is 6.03 Å². The van der Waals surface area contributed by atoms with Gasteiger partial charge in [-0.2, -0.15) is 0 Å². The SMILES string of the molecule is O=C(N[C@H](c1ccccc1)c1ccc(F)cc1)N[C@@H](c1ccccc1)c1ccc(F)cc1. The molecule has 0 aliphatic heterocycles. The number of hydrogen-bond donors (Lipinski definition) is 2. The molecule has 5 heteroatoms. The van der Waals surface area contributed by atoms with Crippen LogP contribution in [0.25, 0.3) is 0 Å². The summed E-state index contributed by atoms with van der Waals surface area (Å²) in [6.45, 7) is 0. The van der Waals surface area contributed by atoms with Crippen LogP contribution in [-0.2, 0) is 0 Å². The first-order valence-electron chi connectivity index (χ1n) is 10.3. The van der Waals surface area contributed by atoms with Crippen molar-refractivity contribution in [3.05, 3.63) is 143 Å². The molecule has 3 nitrogen and oxygen atoms in total.